The maximum atomic E-state index is 12.8. The summed E-state index contributed by atoms with van der Waals surface area (Å²) in [4.78, 5) is 12.8. The van der Waals surface area contributed by atoms with Crippen LogP contribution in [0, 0.1) is 13.8 Å². The Morgan fingerprint density at radius 3 is 2.41 bits per heavy atom. The molecule has 140 valence electrons. The van der Waals surface area contributed by atoms with Crippen LogP contribution < -0.4 is 5.32 Å². The average molecular weight is 364 g/mol. The third kappa shape index (κ3) is 3.53. The van der Waals surface area contributed by atoms with Crippen molar-refractivity contribution in [2.45, 2.75) is 33.6 Å². The van der Waals surface area contributed by atoms with E-state index in [1.807, 2.05) is 70.2 Å². The van der Waals surface area contributed by atoms with Crippen LogP contribution in [0.15, 0.2) is 48.7 Å². The SMILES string of the molecule is Cc1ccc(-n2cc(O)c(C(=O)Nc3ccccc3C(C)C)c2O)cc1C. The van der Waals surface area contributed by atoms with Crippen LogP contribution in [0.2, 0.25) is 0 Å². The van der Waals surface area contributed by atoms with Gasteiger partial charge in [0, 0.05) is 11.4 Å². The molecule has 3 aromatic rings. The monoisotopic (exact) mass is 364 g/mol. The lowest BCUT2D eigenvalue weighted by Gasteiger charge is -2.13. The van der Waals surface area contributed by atoms with Crippen molar-refractivity contribution in [3.05, 3.63) is 70.9 Å². The van der Waals surface area contributed by atoms with Gasteiger partial charge in [-0.2, -0.15) is 0 Å². The molecule has 0 fully saturated rings. The first-order valence-corrected chi connectivity index (χ1v) is 8.90. The number of para-hydroxylation sites is 1. The number of aromatic nitrogens is 1. The first-order chi connectivity index (χ1) is 12.8. The van der Waals surface area contributed by atoms with Crippen LogP contribution in [0.5, 0.6) is 11.6 Å². The van der Waals surface area contributed by atoms with Crippen molar-refractivity contribution in [1.82, 2.24) is 4.57 Å². The molecule has 0 saturated carbocycles. The largest absolute Gasteiger partial charge is 0.505 e. The number of aromatic hydroxyl groups is 2. The van der Waals surface area contributed by atoms with Crippen molar-refractivity contribution < 1.29 is 15.0 Å². The van der Waals surface area contributed by atoms with E-state index in [1.54, 1.807) is 0 Å². The van der Waals surface area contributed by atoms with E-state index in [9.17, 15) is 15.0 Å². The number of aryl methyl sites for hydroxylation is 2. The fourth-order valence-electron chi connectivity index (χ4n) is 3.07. The van der Waals surface area contributed by atoms with Gasteiger partial charge in [-0.1, -0.05) is 38.1 Å². The summed E-state index contributed by atoms with van der Waals surface area (Å²) in [5, 5.41) is 23.7. The molecule has 0 aliphatic carbocycles. The van der Waals surface area contributed by atoms with Crippen LogP contribution in [0.1, 0.15) is 46.8 Å². The van der Waals surface area contributed by atoms with Crippen molar-refractivity contribution in [2.24, 2.45) is 0 Å². The molecular weight excluding hydrogens is 340 g/mol. The summed E-state index contributed by atoms with van der Waals surface area (Å²) < 4.78 is 1.41. The molecule has 2 aromatic carbocycles. The van der Waals surface area contributed by atoms with E-state index in [4.69, 9.17) is 0 Å². The Balaban J connectivity index is 1.97. The molecular formula is C22H24N2O3. The zero-order valence-corrected chi connectivity index (χ0v) is 15.9. The van der Waals surface area contributed by atoms with E-state index in [-0.39, 0.29) is 23.1 Å². The Morgan fingerprint density at radius 1 is 1.04 bits per heavy atom. The minimum atomic E-state index is -0.555. The smallest absolute Gasteiger partial charge is 0.264 e. The number of hydrogen-bond acceptors (Lipinski definition) is 3. The maximum absolute atomic E-state index is 12.8. The number of benzene rings is 2. The Hall–Kier alpha value is -3.21. The van der Waals surface area contributed by atoms with Crippen molar-refractivity contribution >= 4 is 11.6 Å². The van der Waals surface area contributed by atoms with Crippen LogP contribution in [-0.2, 0) is 0 Å². The standard InChI is InChI=1S/C22H24N2O3/c1-13(2)17-7-5-6-8-18(17)23-21(26)20-19(25)12-24(22(20)27)16-10-9-14(3)15(4)11-16/h5-13,25,27H,1-4H3,(H,23,26). The number of anilines is 1. The summed E-state index contributed by atoms with van der Waals surface area (Å²) in [6, 6.07) is 13.2. The van der Waals surface area contributed by atoms with E-state index < -0.39 is 5.91 Å². The summed E-state index contributed by atoms with van der Waals surface area (Å²) in [5.74, 6) is -0.898. The first kappa shape index (κ1) is 18.6. The minimum absolute atomic E-state index is 0.146. The molecule has 0 aliphatic heterocycles. The van der Waals surface area contributed by atoms with Crippen LogP contribution in [0.25, 0.3) is 5.69 Å². The van der Waals surface area contributed by atoms with Crippen molar-refractivity contribution in [1.29, 1.82) is 0 Å². The van der Waals surface area contributed by atoms with E-state index >= 15 is 0 Å². The lowest BCUT2D eigenvalue weighted by atomic mass is 10.0. The quantitative estimate of drug-likeness (QED) is 0.617. The maximum Gasteiger partial charge on any atom is 0.264 e. The van der Waals surface area contributed by atoms with Crippen molar-refractivity contribution in [2.75, 3.05) is 5.32 Å². The fraction of sp³-hybridized carbons (Fsp3) is 0.227. The third-order valence-corrected chi connectivity index (χ3v) is 4.79. The van der Waals surface area contributed by atoms with E-state index in [0.717, 1.165) is 16.7 Å². The van der Waals surface area contributed by atoms with E-state index in [1.165, 1.54) is 10.8 Å². The molecule has 1 amide bonds. The summed E-state index contributed by atoms with van der Waals surface area (Å²) in [5.41, 5.74) is 4.35. The number of nitrogens with zero attached hydrogens (tertiary/aromatic N) is 1. The normalized spacial score (nSPS) is 11.0. The van der Waals surface area contributed by atoms with Gasteiger partial charge in [0.1, 0.15) is 11.3 Å². The van der Waals surface area contributed by atoms with Gasteiger partial charge in [-0.05, 0) is 54.7 Å². The highest BCUT2D eigenvalue weighted by atomic mass is 16.3. The number of carbonyl (C=O) groups is 1. The highest BCUT2D eigenvalue weighted by molar-refractivity contribution is 6.08. The molecule has 5 heteroatoms. The molecule has 0 aliphatic rings. The van der Waals surface area contributed by atoms with Crippen LogP contribution >= 0.6 is 0 Å². The van der Waals surface area contributed by atoms with Crippen LogP contribution in [0.4, 0.5) is 5.69 Å². The van der Waals surface area contributed by atoms with Crippen molar-refractivity contribution in [3.8, 4) is 17.3 Å². The van der Waals surface area contributed by atoms with Gasteiger partial charge in [-0.15, -0.1) is 0 Å². The molecule has 1 aromatic heterocycles. The van der Waals surface area contributed by atoms with Crippen LogP contribution in [-0.4, -0.2) is 20.7 Å². The predicted octanol–water partition coefficient (Wildman–Crippen LogP) is 4.88. The molecule has 1 heterocycles. The molecule has 3 N–H and O–H groups in total. The number of carbonyl (C=O) groups excluding carboxylic acids is 1. The summed E-state index contributed by atoms with van der Waals surface area (Å²) in [6.07, 6.45) is 1.35. The fourth-order valence-corrected chi connectivity index (χ4v) is 3.07. The molecule has 0 spiro atoms. The average Bonchev–Trinajstić information content (AvgIpc) is 2.92. The zero-order valence-electron chi connectivity index (χ0n) is 15.9. The van der Waals surface area contributed by atoms with Gasteiger partial charge in [0.15, 0.2) is 0 Å². The highest BCUT2D eigenvalue weighted by Gasteiger charge is 2.23. The Morgan fingerprint density at radius 2 is 1.74 bits per heavy atom. The molecule has 0 unspecified atom stereocenters. The summed E-state index contributed by atoms with van der Waals surface area (Å²) >= 11 is 0. The Bertz CT molecular complexity index is 1000. The Kier molecular flexibility index (Phi) is 4.95. The van der Waals surface area contributed by atoms with E-state index in [2.05, 4.69) is 5.32 Å². The predicted molar refractivity (Wildman–Crippen MR) is 107 cm³/mol. The lowest BCUT2D eigenvalue weighted by Crippen LogP contribution is -2.13. The number of nitrogens with one attached hydrogen (secondary N) is 1. The highest BCUT2D eigenvalue weighted by Crippen LogP contribution is 2.34. The van der Waals surface area contributed by atoms with Crippen molar-refractivity contribution in [3.63, 3.8) is 0 Å². The zero-order chi connectivity index (χ0) is 19.7. The molecule has 3 rings (SSSR count). The second-order valence-corrected chi connectivity index (χ2v) is 7.05. The molecule has 0 atom stereocenters. The van der Waals surface area contributed by atoms with Gasteiger partial charge in [0.05, 0.1) is 6.20 Å². The summed E-state index contributed by atoms with van der Waals surface area (Å²) in [7, 11) is 0. The molecule has 0 radical (unpaired) electrons. The number of hydrogen-bond donors (Lipinski definition) is 3. The second kappa shape index (κ2) is 7.19. The van der Waals surface area contributed by atoms with Gasteiger partial charge < -0.3 is 15.5 Å². The number of rotatable bonds is 4. The van der Waals surface area contributed by atoms with Gasteiger partial charge in [0.25, 0.3) is 5.91 Å². The second-order valence-electron chi connectivity index (χ2n) is 7.05. The van der Waals surface area contributed by atoms with Gasteiger partial charge >= 0.3 is 0 Å². The Labute approximate surface area is 158 Å². The third-order valence-electron chi connectivity index (χ3n) is 4.79. The molecule has 0 bridgehead atoms. The minimum Gasteiger partial charge on any atom is -0.505 e. The molecule has 0 saturated heterocycles. The number of amides is 1. The first-order valence-electron chi connectivity index (χ1n) is 8.90. The van der Waals surface area contributed by atoms with Gasteiger partial charge in [-0.25, -0.2) is 0 Å². The van der Waals surface area contributed by atoms with Gasteiger partial charge in [-0.3, -0.25) is 9.36 Å². The summed E-state index contributed by atoms with van der Waals surface area (Å²) in [6.45, 7) is 8.04. The molecule has 27 heavy (non-hydrogen) atoms. The molecule has 5 nitrogen and oxygen atoms in total. The lowest BCUT2D eigenvalue weighted by molar-refractivity contribution is 0.102. The van der Waals surface area contributed by atoms with E-state index in [0.29, 0.717) is 11.4 Å². The van der Waals surface area contributed by atoms with Crippen LogP contribution in [0.3, 0.4) is 0 Å². The van der Waals surface area contributed by atoms with Gasteiger partial charge in [0.2, 0.25) is 5.88 Å². The topological polar surface area (TPSA) is 74.5 Å².